The van der Waals surface area contributed by atoms with Crippen LogP contribution in [0.25, 0.3) is 0 Å². The summed E-state index contributed by atoms with van der Waals surface area (Å²) < 4.78 is 12.1. The Morgan fingerprint density at radius 2 is 1.78 bits per heavy atom. The highest BCUT2D eigenvalue weighted by atomic mass is 35.5. The Kier molecular flexibility index (Phi) is 4.77. The maximum absolute atomic E-state index is 9.30. The molecule has 1 aliphatic rings. The number of hydrogen-bond donors (Lipinski definition) is 0. The van der Waals surface area contributed by atoms with Gasteiger partial charge in [-0.3, -0.25) is 0 Å². The Bertz CT molecular complexity index is 665. The molecule has 0 aromatic heterocycles. The lowest BCUT2D eigenvalue weighted by Crippen LogP contribution is -2.41. The molecule has 122 valence electrons. The Balaban J connectivity index is 2.44. The predicted molar refractivity (Wildman–Crippen MR) is 93.7 cm³/mol. The van der Waals surface area contributed by atoms with E-state index in [2.05, 4.69) is 11.1 Å². The van der Waals surface area contributed by atoms with E-state index in [9.17, 15) is 5.26 Å². The first-order valence-corrected chi connectivity index (χ1v) is 7.75. The van der Waals surface area contributed by atoms with Crippen LogP contribution in [0.4, 0.5) is 5.69 Å². The fourth-order valence-corrected chi connectivity index (χ4v) is 2.38. The average Bonchev–Trinajstić information content (AvgIpc) is 2.64. The summed E-state index contributed by atoms with van der Waals surface area (Å²) >= 11 is 6.25. The van der Waals surface area contributed by atoms with Crippen molar-refractivity contribution in [3.8, 4) is 6.07 Å². The van der Waals surface area contributed by atoms with Gasteiger partial charge in [0.25, 0.3) is 0 Å². The molecule has 1 saturated heterocycles. The van der Waals surface area contributed by atoms with Crippen molar-refractivity contribution in [1.29, 1.82) is 5.26 Å². The molecule has 1 aromatic carbocycles. The van der Waals surface area contributed by atoms with Crippen LogP contribution < -0.4 is 5.46 Å². The summed E-state index contributed by atoms with van der Waals surface area (Å²) in [5.74, 6) is 0. The Hall–Kier alpha value is -1.55. The largest absolute Gasteiger partial charge is 0.494 e. The average molecular weight is 334 g/mol. The van der Waals surface area contributed by atoms with Gasteiger partial charge in [0.15, 0.2) is 0 Å². The molecule has 1 aliphatic heterocycles. The Labute approximate surface area is 143 Å². The van der Waals surface area contributed by atoms with E-state index in [1.807, 2.05) is 41.8 Å². The van der Waals surface area contributed by atoms with Crippen molar-refractivity contribution in [3.05, 3.63) is 22.7 Å². The van der Waals surface area contributed by atoms with Crippen molar-refractivity contribution in [2.45, 2.75) is 38.9 Å². The standard InChI is InChI=1S/C16H21BClN3O2/c1-15(2)16(3,4)23-17(22-15)11-7-13(18)12(9-19)14(8-11)20-10-21(5)6/h7-8,10H,1-6H3. The molecular formula is C16H21BClN3O2. The number of halogens is 1. The van der Waals surface area contributed by atoms with Crippen LogP contribution in [0.1, 0.15) is 33.3 Å². The molecule has 0 unspecified atom stereocenters. The highest BCUT2D eigenvalue weighted by molar-refractivity contribution is 6.62. The first-order chi connectivity index (χ1) is 10.6. The van der Waals surface area contributed by atoms with Crippen LogP contribution in [0.5, 0.6) is 0 Å². The molecule has 0 spiro atoms. The molecule has 0 aliphatic carbocycles. The molecule has 0 N–H and O–H groups in total. The number of nitrogens with zero attached hydrogens (tertiary/aromatic N) is 3. The summed E-state index contributed by atoms with van der Waals surface area (Å²) in [5, 5.41) is 9.64. The highest BCUT2D eigenvalue weighted by Crippen LogP contribution is 2.37. The molecule has 1 heterocycles. The molecule has 1 aromatic rings. The molecular weight excluding hydrogens is 312 g/mol. The zero-order chi connectivity index (χ0) is 17.4. The molecule has 0 saturated carbocycles. The number of aliphatic imine (C=N–C) groups is 1. The topological polar surface area (TPSA) is 57.9 Å². The SMILES string of the molecule is CN(C)C=Nc1cc(B2OC(C)(C)C(C)(C)O2)cc(Cl)c1C#N. The van der Waals surface area contributed by atoms with Gasteiger partial charge in [-0.05, 0) is 45.3 Å². The quantitative estimate of drug-likeness (QED) is 0.485. The summed E-state index contributed by atoms with van der Waals surface area (Å²) in [7, 11) is 3.17. The van der Waals surface area contributed by atoms with Crippen LogP contribution in [0, 0.1) is 11.3 Å². The van der Waals surface area contributed by atoms with Gasteiger partial charge < -0.3 is 14.2 Å². The third kappa shape index (κ3) is 3.53. The summed E-state index contributed by atoms with van der Waals surface area (Å²) in [5.41, 5.74) is 0.706. The molecule has 0 atom stereocenters. The Morgan fingerprint density at radius 1 is 1.22 bits per heavy atom. The lowest BCUT2D eigenvalue weighted by molar-refractivity contribution is 0.00578. The normalized spacial score (nSPS) is 19.1. The van der Waals surface area contributed by atoms with Gasteiger partial charge in [0, 0.05) is 14.1 Å². The minimum atomic E-state index is -0.543. The van der Waals surface area contributed by atoms with E-state index in [0.29, 0.717) is 16.3 Å². The minimum absolute atomic E-state index is 0.338. The van der Waals surface area contributed by atoms with Crippen LogP contribution in [-0.4, -0.2) is 43.7 Å². The second kappa shape index (κ2) is 6.16. The first-order valence-electron chi connectivity index (χ1n) is 7.37. The molecule has 0 bridgehead atoms. The van der Waals surface area contributed by atoms with Crippen molar-refractivity contribution in [2.24, 2.45) is 4.99 Å². The van der Waals surface area contributed by atoms with Gasteiger partial charge in [0.05, 0.1) is 33.8 Å². The van der Waals surface area contributed by atoms with Gasteiger partial charge in [-0.2, -0.15) is 5.26 Å². The van der Waals surface area contributed by atoms with Crippen LogP contribution in [0.15, 0.2) is 17.1 Å². The van der Waals surface area contributed by atoms with Crippen LogP contribution in [0.2, 0.25) is 5.02 Å². The monoisotopic (exact) mass is 333 g/mol. The third-order valence-corrected chi connectivity index (χ3v) is 4.45. The van der Waals surface area contributed by atoms with E-state index < -0.39 is 18.3 Å². The smallest absolute Gasteiger partial charge is 0.399 e. The summed E-state index contributed by atoms with van der Waals surface area (Å²) in [6.45, 7) is 7.96. The number of rotatable bonds is 3. The van der Waals surface area contributed by atoms with Crippen LogP contribution >= 0.6 is 11.6 Å². The van der Waals surface area contributed by atoms with E-state index >= 15 is 0 Å². The van der Waals surface area contributed by atoms with Crippen LogP contribution in [0.3, 0.4) is 0 Å². The summed E-state index contributed by atoms with van der Waals surface area (Å²) in [6, 6.07) is 5.58. The summed E-state index contributed by atoms with van der Waals surface area (Å²) in [6.07, 6.45) is 1.63. The van der Waals surface area contributed by atoms with E-state index in [-0.39, 0.29) is 0 Å². The van der Waals surface area contributed by atoms with Gasteiger partial charge in [0.2, 0.25) is 0 Å². The number of benzene rings is 1. The van der Waals surface area contributed by atoms with Crippen molar-refractivity contribution >= 4 is 36.2 Å². The maximum Gasteiger partial charge on any atom is 0.494 e. The second-order valence-electron chi connectivity index (χ2n) is 6.81. The molecule has 0 amide bonds. The van der Waals surface area contributed by atoms with Gasteiger partial charge in [-0.25, -0.2) is 4.99 Å². The molecule has 23 heavy (non-hydrogen) atoms. The van der Waals surface area contributed by atoms with E-state index in [1.165, 1.54) is 0 Å². The van der Waals surface area contributed by atoms with E-state index in [4.69, 9.17) is 20.9 Å². The third-order valence-electron chi connectivity index (χ3n) is 4.16. The number of hydrogen-bond acceptors (Lipinski definition) is 4. The molecule has 2 rings (SSSR count). The fourth-order valence-electron chi connectivity index (χ4n) is 2.12. The van der Waals surface area contributed by atoms with Gasteiger partial charge in [0.1, 0.15) is 6.07 Å². The fraction of sp³-hybridized carbons (Fsp3) is 0.500. The van der Waals surface area contributed by atoms with Gasteiger partial charge >= 0.3 is 7.12 Å². The first kappa shape index (κ1) is 17.8. The predicted octanol–water partition coefficient (Wildman–Crippen LogP) is 2.73. The van der Waals surface area contributed by atoms with Crippen LogP contribution in [-0.2, 0) is 9.31 Å². The maximum atomic E-state index is 9.30. The van der Waals surface area contributed by atoms with Crippen molar-refractivity contribution in [2.75, 3.05) is 14.1 Å². The van der Waals surface area contributed by atoms with Gasteiger partial charge in [-0.1, -0.05) is 11.6 Å². The zero-order valence-electron chi connectivity index (χ0n) is 14.3. The highest BCUT2D eigenvalue weighted by Gasteiger charge is 2.51. The molecule has 0 radical (unpaired) electrons. The molecule has 5 nitrogen and oxygen atoms in total. The minimum Gasteiger partial charge on any atom is -0.399 e. The molecule has 1 fully saturated rings. The van der Waals surface area contributed by atoms with Crippen molar-refractivity contribution < 1.29 is 9.31 Å². The lowest BCUT2D eigenvalue weighted by Gasteiger charge is -2.32. The van der Waals surface area contributed by atoms with Gasteiger partial charge in [-0.15, -0.1) is 0 Å². The van der Waals surface area contributed by atoms with Crippen molar-refractivity contribution in [3.63, 3.8) is 0 Å². The van der Waals surface area contributed by atoms with E-state index in [1.54, 1.807) is 23.4 Å². The number of nitriles is 1. The second-order valence-corrected chi connectivity index (χ2v) is 7.21. The van der Waals surface area contributed by atoms with Crippen molar-refractivity contribution in [1.82, 2.24) is 4.90 Å². The molecule has 7 heteroatoms. The Morgan fingerprint density at radius 3 is 2.26 bits per heavy atom. The zero-order valence-corrected chi connectivity index (χ0v) is 15.1. The van der Waals surface area contributed by atoms with E-state index in [0.717, 1.165) is 5.46 Å². The lowest BCUT2D eigenvalue weighted by atomic mass is 9.78. The summed E-state index contributed by atoms with van der Waals surface area (Å²) in [4.78, 5) is 6.11.